The fourth-order valence-corrected chi connectivity index (χ4v) is 3.65. The molecule has 1 atom stereocenters. The van der Waals surface area contributed by atoms with Gasteiger partial charge in [0.2, 0.25) is 0 Å². The summed E-state index contributed by atoms with van der Waals surface area (Å²) in [4.78, 5) is 4.81. The molecule has 0 amide bonds. The predicted molar refractivity (Wildman–Crippen MR) is 120 cm³/mol. The normalized spacial score (nSPS) is 18.0. The first-order chi connectivity index (χ1) is 12.0. The molecule has 0 saturated carbocycles. The number of guanidine groups is 1. The summed E-state index contributed by atoms with van der Waals surface area (Å²) in [7, 11) is 0. The van der Waals surface area contributed by atoms with Crippen molar-refractivity contribution in [1.82, 2.24) is 10.6 Å². The van der Waals surface area contributed by atoms with E-state index in [1.165, 1.54) is 0 Å². The highest BCUT2D eigenvalue weighted by molar-refractivity contribution is 14.0. The fraction of sp³-hybridized carbons (Fsp3) is 0.632. The standard InChI is InChI=1S/C19H30FN3OS.HI/c1-5-21-18(22-13-19(25-4)8-10-24-11-9-19)23-15(3)16-7-6-14(2)17(20)12-16;/h6-7,12,15H,5,8-11,13H2,1-4H3,(H2,21,22,23);1H. The van der Waals surface area contributed by atoms with Crippen LogP contribution in [0.4, 0.5) is 4.39 Å². The van der Waals surface area contributed by atoms with Crippen molar-refractivity contribution in [1.29, 1.82) is 0 Å². The molecule has 1 saturated heterocycles. The van der Waals surface area contributed by atoms with Gasteiger partial charge in [0.25, 0.3) is 0 Å². The number of hydrogen-bond donors (Lipinski definition) is 2. The van der Waals surface area contributed by atoms with Gasteiger partial charge in [0.15, 0.2) is 5.96 Å². The number of aliphatic imine (C=N–C) groups is 1. The van der Waals surface area contributed by atoms with E-state index in [0.29, 0.717) is 5.56 Å². The predicted octanol–water partition coefficient (Wildman–Crippen LogP) is 4.28. The van der Waals surface area contributed by atoms with Crippen LogP contribution in [0.15, 0.2) is 23.2 Å². The Balaban J connectivity index is 0.00000338. The van der Waals surface area contributed by atoms with Crippen molar-refractivity contribution in [3.63, 3.8) is 0 Å². The maximum Gasteiger partial charge on any atom is 0.191 e. The Morgan fingerprint density at radius 2 is 2.08 bits per heavy atom. The number of nitrogens with one attached hydrogen (secondary N) is 2. The second-order valence-corrected chi connectivity index (χ2v) is 7.84. The molecule has 0 aliphatic carbocycles. The van der Waals surface area contributed by atoms with Crippen molar-refractivity contribution in [2.45, 2.75) is 44.4 Å². The second-order valence-electron chi connectivity index (χ2n) is 6.57. The zero-order valence-electron chi connectivity index (χ0n) is 16.1. The van der Waals surface area contributed by atoms with Crippen LogP contribution in [0.2, 0.25) is 0 Å². The number of halogens is 2. The summed E-state index contributed by atoms with van der Waals surface area (Å²) in [5.41, 5.74) is 1.58. The van der Waals surface area contributed by atoms with E-state index in [-0.39, 0.29) is 40.6 Å². The van der Waals surface area contributed by atoms with Gasteiger partial charge in [-0.1, -0.05) is 12.1 Å². The third-order valence-corrected chi connectivity index (χ3v) is 6.16. The first-order valence-corrected chi connectivity index (χ1v) is 10.2. The van der Waals surface area contributed by atoms with E-state index >= 15 is 0 Å². The lowest BCUT2D eigenvalue weighted by Gasteiger charge is -2.34. The van der Waals surface area contributed by atoms with Gasteiger partial charge in [0, 0.05) is 24.5 Å². The number of hydrogen-bond acceptors (Lipinski definition) is 3. The summed E-state index contributed by atoms with van der Waals surface area (Å²) in [5, 5.41) is 6.69. The molecule has 2 rings (SSSR count). The molecule has 0 aromatic heterocycles. The number of rotatable bonds is 6. The highest BCUT2D eigenvalue weighted by atomic mass is 127. The molecule has 1 aliphatic rings. The summed E-state index contributed by atoms with van der Waals surface area (Å²) in [6.45, 7) is 9.00. The lowest BCUT2D eigenvalue weighted by atomic mass is 9.99. The summed E-state index contributed by atoms with van der Waals surface area (Å²) >= 11 is 1.88. The minimum absolute atomic E-state index is 0. The third kappa shape index (κ3) is 6.56. The van der Waals surface area contributed by atoms with Gasteiger partial charge in [-0.3, -0.25) is 4.99 Å². The number of benzene rings is 1. The quantitative estimate of drug-likeness (QED) is 0.352. The molecule has 1 unspecified atom stereocenters. The van der Waals surface area contributed by atoms with E-state index in [9.17, 15) is 4.39 Å². The van der Waals surface area contributed by atoms with Gasteiger partial charge in [0.05, 0.1) is 12.6 Å². The van der Waals surface area contributed by atoms with Crippen LogP contribution in [0.3, 0.4) is 0 Å². The largest absolute Gasteiger partial charge is 0.381 e. The Labute approximate surface area is 178 Å². The maximum absolute atomic E-state index is 13.8. The van der Waals surface area contributed by atoms with E-state index < -0.39 is 0 Å². The van der Waals surface area contributed by atoms with Crippen LogP contribution in [0.1, 0.15) is 43.9 Å². The molecule has 4 nitrogen and oxygen atoms in total. The summed E-state index contributed by atoms with van der Waals surface area (Å²) in [6, 6.07) is 5.35. The van der Waals surface area contributed by atoms with Crippen LogP contribution in [-0.2, 0) is 4.74 Å². The van der Waals surface area contributed by atoms with Crippen LogP contribution in [0.5, 0.6) is 0 Å². The van der Waals surface area contributed by atoms with Crippen LogP contribution in [0, 0.1) is 12.7 Å². The monoisotopic (exact) mass is 495 g/mol. The molecule has 0 bridgehead atoms. The SMILES string of the molecule is CCNC(=NCC1(SC)CCOCC1)NC(C)c1ccc(C)c(F)c1.I. The molecule has 0 spiro atoms. The average Bonchev–Trinajstić information content (AvgIpc) is 2.63. The van der Waals surface area contributed by atoms with Gasteiger partial charge in [-0.2, -0.15) is 11.8 Å². The zero-order chi connectivity index (χ0) is 18.3. The average molecular weight is 495 g/mol. The highest BCUT2D eigenvalue weighted by Crippen LogP contribution is 2.34. The van der Waals surface area contributed by atoms with Crippen molar-refractivity contribution in [3.8, 4) is 0 Å². The molecule has 1 aromatic carbocycles. The van der Waals surface area contributed by atoms with Crippen LogP contribution in [0.25, 0.3) is 0 Å². The maximum atomic E-state index is 13.8. The van der Waals surface area contributed by atoms with E-state index in [1.54, 1.807) is 13.0 Å². The second kappa shape index (κ2) is 11.3. The molecule has 1 heterocycles. The fourth-order valence-electron chi connectivity index (χ4n) is 2.88. The molecule has 1 fully saturated rings. The zero-order valence-corrected chi connectivity index (χ0v) is 19.2. The molecule has 148 valence electrons. The first kappa shape index (κ1) is 23.5. The van der Waals surface area contributed by atoms with E-state index in [0.717, 1.165) is 50.7 Å². The minimum atomic E-state index is -0.170. The lowest BCUT2D eigenvalue weighted by Crippen LogP contribution is -2.41. The lowest BCUT2D eigenvalue weighted by molar-refractivity contribution is 0.0794. The molecular weight excluding hydrogens is 464 g/mol. The van der Waals surface area contributed by atoms with E-state index in [2.05, 4.69) is 16.9 Å². The Morgan fingerprint density at radius 1 is 1.38 bits per heavy atom. The highest BCUT2D eigenvalue weighted by Gasteiger charge is 2.31. The Kier molecular flexibility index (Phi) is 10.2. The van der Waals surface area contributed by atoms with E-state index in [1.807, 2.05) is 37.7 Å². The molecule has 7 heteroatoms. The smallest absolute Gasteiger partial charge is 0.191 e. The molecule has 0 radical (unpaired) electrons. The van der Waals surface area contributed by atoms with Crippen LogP contribution < -0.4 is 10.6 Å². The Hall–Kier alpha value is -0.540. The van der Waals surface area contributed by atoms with Crippen LogP contribution >= 0.6 is 35.7 Å². The molecule has 26 heavy (non-hydrogen) atoms. The van der Waals surface area contributed by atoms with Gasteiger partial charge in [-0.05, 0) is 57.1 Å². The number of thioether (sulfide) groups is 1. The van der Waals surface area contributed by atoms with E-state index in [4.69, 9.17) is 9.73 Å². The van der Waals surface area contributed by atoms with Gasteiger partial charge in [-0.15, -0.1) is 24.0 Å². The summed E-state index contributed by atoms with van der Waals surface area (Å²) in [6.07, 6.45) is 4.20. The van der Waals surface area contributed by atoms with Crippen LogP contribution in [-0.4, -0.2) is 43.3 Å². The van der Waals surface area contributed by atoms with Crippen molar-refractivity contribution in [2.75, 3.05) is 32.6 Å². The topological polar surface area (TPSA) is 45.7 Å². The van der Waals surface area contributed by atoms with Gasteiger partial charge in [0.1, 0.15) is 5.82 Å². The van der Waals surface area contributed by atoms with Crippen molar-refractivity contribution in [3.05, 3.63) is 35.1 Å². The number of aryl methyl sites for hydroxylation is 1. The van der Waals surface area contributed by atoms with Crippen molar-refractivity contribution < 1.29 is 9.13 Å². The van der Waals surface area contributed by atoms with Crippen molar-refractivity contribution in [2.24, 2.45) is 4.99 Å². The van der Waals surface area contributed by atoms with Gasteiger partial charge in [-0.25, -0.2) is 4.39 Å². The van der Waals surface area contributed by atoms with Crippen molar-refractivity contribution >= 4 is 41.7 Å². The molecular formula is C19H31FIN3OS. The Morgan fingerprint density at radius 3 is 2.65 bits per heavy atom. The van der Waals surface area contributed by atoms with Gasteiger partial charge >= 0.3 is 0 Å². The van der Waals surface area contributed by atoms with Gasteiger partial charge < -0.3 is 15.4 Å². The molecule has 1 aromatic rings. The third-order valence-electron chi connectivity index (χ3n) is 4.76. The minimum Gasteiger partial charge on any atom is -0.381 e. The molecule has 2 N–H and O–H groups in total. The number of nitrogens with zero attached hydrogens (tertiary/aromatic N) is 1. The summed E-state index contributed by atoms with van der Waals surface area (Å²) < 4.78 is 19.5. The number of ether oxygens (including phenoxy) is 1. The Bertz CT molecular complexity index is 594. The first-order valence-electron chi connectivity index (χ1n) is 8.93. The summed E-state index contributed by atoms with van der Waals surface area (Å²) in [5.74, 6) is 0.604. The molecule has 1 aliphatic heterocycles.